The fourth-order valence-electron chi connectivity index (χ4n) is 2.61. The van der Waals surface area contributed by atoms with Crippen molar-refractivity contribution in [3.05, 3.63) is 33.8 Å². The van der Waals surface area contributed by atoms with Crippen LogP contribution in [0.4, 0.5) is 0 Å². The predicted molar refractivity (Wildman–Crippen MR) is 118 cm³/mol. The molecule has 0 aromatic heterocycles. The summed E-state index contributed by atoms with van der Waals surface area (Å²) in [4.78, 5) is 58.1. The van der Waals surface area contributed by atoms with E-state index in [-0.39, 0.29) is 27.9 Å². The highest BCUT2D eigenvalue weighted by atomic mass is 35.5. The fourth-order valence-corrected chi connectivity index (χ4v) is 2.99. The Balaban J connectivity index is 2.89. The van der Waals surface area contributed by atoms with Gasteiger partial charge in [0.05, 0.1) is 23.1 Å². The second-order valence-electron chi connectivity index (χ2n) is 7.24. The van der Waals surface area contributed by atoms with Crippen LogP contribution in [0.3, 0.4) is 0 Å². The summed E-state index contributed by atoms with van der Waals surface area (Å²) < 4.78 is 10.0. The van der Waals surface area contributed by atoms with E-state index in [1.807, 2.05) is 0 Å². The van der Waals surface area contributed by atoms with Gasteiger partial charge in [-0.25, -0.2) is 4.79 Å². The van der Waals surface area contributed by atoms with Crippen LogP contribution in [0.15, 0.2) is 18.2 Å². The van der Waals surface area contributed by atoms with Crippen molar-refractivity contribution in [3.63, 3.8) is 0 Å². The summed E-state index contributed by atoms with van der Waals surface area (Å²) in [5.41, 5.74) is 0.0564. The molecule has 0 unspecified atom stereocenters. The Kier molecular flexibility index (Phi) is 11.7. The first kappa shape index (κ1) is 28.2. The zero-order chi connectivity index (χ0) is 25.1. The number of halogens is 2. The maximum Gasteiger partial charge on any atom is 0.551 e. The number of carboxylic acid groups (broad SMARTS) is 2. The highest BCUT2D eigenvalue weighted by Crippen LogP contribution is 2.20. The lowest BCUT2D eigenvalue weighted by Crippen LogP contribution is -2.53. The average Bonchev–Trinajstić information content (AvgIpc) is 2.69. The van der Waals surface area contributed by atoms with Gasteiger partial charge in [-0.3, -0.25) is 19.2 Å². The summed E-state index contributed by atoms with van der Waals surface area (Å²) in [5, 5.41) is 22.9. The van der Waals surface area contributed by atoms with Crippen LogP contribution in [0.2, 0.25) is 10.0 Å². The molecule has 33 heavy (non-hydrogen) atoms. The topological polar surface area (TPSA) is 168 Å². The van der Waals surface area contributed by atoms with Gasteiger partial charge in [0.15, 0.2) is 0 Å². The van der Waals surface area contributed by atoms with Crippen LogP contribution in [0.5, 0.6) is 0 Å². The minimum absolute atomic E-state index is 0.0564. The predicted octanol–water partition coefficient (Wildman–Crippen LogP) is 1.40. The van der Waals surface area contributed by atoms with E-state index in [1.165, 1.54) is 18.2 Å². The quantitative estimate of drug-likeness (QED) is 0.229. The minimum atomic E-state index is -1.57. The summed E-state index contributed by atoms with van der Waals surface area (Å²) in [6.45, 7) is 2.22. The number of carbonyl (C=O) groups excluding carboxylic acids is 3. The number of carbonyl (C=O) groups is 5. The number of hydrogen-bond donors (Lipinski definition) is 4. The lowest BCUT2D eigenvalue weighted by molar-refractivity contribution is -0.148. The van der Waals surface area contributed by atoms with Crippen LogP contribution in [-0.4, -0.2) is 66.1 Å². The van der Waals surface area contributed by atoms with Gasteiger partial charge in [0, 0.05) is 5.02 Å². The van der Waals surface area contributed by atoms with E-state index in [0.29, 0.717) is 0 Å². The Morgan fingerprint density at radius 1 is 1.09 bits per heavy atom. The van der Waals surface area contributed by atoms with Crippen molar-refractivity contribution in [2.45, 2.75) is 32.6 Å². The molecule has 0 aliphatic heterocycles. The third kappa shape index (κ3) is 11.0. The molecule has 14 heteroatoms. The SMILES string of the molecule is CC(C)C[C@H](NC(=O)CNC(=O)c1cc(Cl)ccc1Cl)B(OCC(=O)O)OC(=O)CC(=O)O. The van der Waals surface area contributed by atoms with E-state index in [4.69, 9.17) is 42.7 Å². The molecule has 180 valence electrons. The van der Waals surface area contributed by atoms with Crippen LogP contribution in [0.25, 0.3) is 0 Å². The van der Waals surface area contributed by atoms with E-state index < -0.39 is 62.4 Å². The van der Waals surface area contributed by atoms with Crippen LogP contribution >= 0.6 is 23.2 Å². The molecular formula is C19H23BCl2N2O9. The molecule has 0 aliphatic rings. The summed E-state index contributed by atoms with van der Waals surface area (Å²) in [6.07, 6.45) is -0.795. The molecule has 0 spiro atoms. The van der Waals surface area contributed by atoms with Crippen molar-refractivity contribution in [2.24, 2.45) is 5.92 Å². The Labute approximate surface area is 199 Å². The molecule has 0 saturated carbocycles. The van der Waals surface area contributed by atoms with Crippen LogP contribution in [-0.2, 0) is 28.5 Å². The van der Waals surface area contributed by atoms with Gasteiger partial charge in [0.2, 0.25) is 5.91 Å². The molecule has 0 bridgehead atoms. The first-order valence-corrected chi connectivity index (χ1v) is 10.4. The second kappa shape index (κ2) is 13.7. The van der Waals surface area contributed by atoms with Gasteiger partial charge in [-0.05, 0) is 30.5 Å². The zero-order valence-corrected chi connectivity index (χ0v) is 19.3. The largest absolute Gasteiger partial charge is 0.551 e. The van der Waals surface area contributed by atoms with Crippen molar-refractivity contribution < 1.29 is 43.5 Å². The normalized spacial score (nSPS) is 11.4. The van der Waals surface area contributed by atoms with Gasteiger partial charge >= 0.3 is 25.0 Å². The van der Waals surface area contributed by atoms with Crippen LogP contribution in [0.1, 0.15) is 37.0 Å². The molecule has 0 aliphatic carbocycles. The van der Waals surface area contributed by atoms with Gasteiger partial charge in [0.1, 0.15) is 13.0 Å². The van der Waals surface area contributed by atoms with E-state index in [1.54, 1.807) is 13.8 Å². The number of carboxylic acids is 2. The van der Waals surface area contributed by atoms with Gasteiger partial charge in [-0.2, -0.15) is 0 Å². The van der Waals surface area contributed by atoms with Crippen LogP contribution < -0.4 is 10.6 Å². The molecule has 11 nitrogen and oxygen atoms in total. The van der Waals surface area contributed by atoms with Gasteiger partial charge in [-0.1, -0.05) is 37.0 Å². The molecule has 0 heterocycles. The van der Waals surface area contributed by atoms with E-state index >= 15 is 0 Å². The molecular weight excluding hydrogens is 482 g/mol. The number of rotatable bonds is 13. The van der Waals surface area contributed by atoms with Gasteiger partial charge in [0.25, 0.3) is 5.91 Å². The Hall–Kier alpha value is -2.83. The molecule has 1 aromatic rings. The van der Waals surface area contributed by atoms with Crippen molar-refractivity contribution in [3.8, 4) is 0 Å². The standard InChI is InChI=1S/C19H23BCl2N2O9/c1-10(2)5-14(20(32-9-17(28)29)33-18(30)7-16(26)27)24-15(25)8-23-19(31)12-6-11(21)3-4-13(12)22/h3-4,6,10,14H,5,7-9H2,1-2H3,(H,23,31)(H,24,25)(H,26,27)(H,28,29)/t14-/m0/s1. The average molecular weight is 505 g/mol. The van der Waals surface area contributed by atoms with Gasteiger partial charge in [-0.15, -0.1) is 0 Å². The lowest BCUT2D eigenvalue weighted by Gasteiger charge is -2.25. The van der Waals surface area contributed by atoms with Crippen molar-refractivity contribution in [2.75, 3.05) is 13.2 Å². The summed E-state index contributed by atoms with van der Waals surface area (Å²) >= 11 is 11.8. The Morgan fingerprint density at radius 2 is 1.76 bits per heavy atom. The number of aliphatic carboxylic acids is 2. The van der Waals surface area contributed by atoms with Crippen molar-refractivity contribution in [1.29, 1.82) is 0 Å². The molecule has 1 atom stereocenters. The zero-order valence-electron chi connectivity index (χ0n) is 17.8. The van der Waals surface area contributed by atoms with E-state index in [0.717, 1.165) is 0 Å². The molecule has 0 fully saturated rings. The number of amides is 2. The summed E-state index contributed by atoms with van der Waals surface area (Å²) in [6, 6.07) is 4.25. The van der Waals surface area contributed by atoms with E-state index in [2.05, 4.69) is 10.6 Å². The third-order valence-corrected chi connectivity index (χ3v) is 4.46. The third-order valence-electron chi connectivity index (χ3n) is 3.90. The van der Waals surface area contributed by atoms with Crippen molar-refractivity contribution >= 4 is 60.0 Å². The van der Waals surface area contributed by atoms with Gasteiger partial charge < -0.3 is 30.2 Å². The summed E-state index contributed by atoms with van der Waals surface area (Å²) in [7, 11) is -1.57. The Bertz CT molecular complexity index is 898. The highest BCUT2D eigenvalue weighted by molar-refractivity contribution is 6.49. The minimum Gasteiger partial charge on any atom is -0.508 e. The first-order valence-electron chi connectivity index (χ1n) is 9.66. The second-order valence-corrected chi connectivity index (χ2v) is 8.09. The Morgan fingerprint density at radius 3 is 2.33 bits per heavy atom. The van der Waals surface area contributed by atoms with E-state index in [9.17, 15) is 24.0 Å². The molecule has 0 radical (unpaired) electrons. The monoisotopic (exact) mass is 504 g/mol. The lowest BCUT2D eigenvalue weighted by atomic mass is 9.73. The smallest absolute Gasteiger partial charge is 0.508 e. The van der Waals surface area contributed by atoms with Crippen molar-refractivity contribution in [1.82, 2.24) is 10.6 Å². The maximum atomic E-state index is 12.4. The molecule has 0 saturated heterocycles. The maximum absolute atomic E-state index is 12.4. The van der Waals surface area contributed by atoms with Crippen LogP contribution in [0, 0.1) is 5.92 Å². The number of benzene rings is 1. The molecule has 1 aromatic carbocycles. The highest BCUT2D eigenvalue weighted by Gasteiger charge is 2.37. The molecule has 4 N–H and O–H groups in total. The number of hydrogen-bond acceptors (Lipinski definition) is 7. The number of nitrogens with one attached hydrogen (secondary N) is 2. The first-order chi connectivity index (χ1) is 15.4. The fraction of sp³-hybridized carbons (Fsp3) is 0.421. The molecule has 2 amide bonds. The summed E-state index contributed by atoms with van der Waals surface area (Å²) in [5.74, 6) is -6.45. The molecule has 1 rings (SSSR count).